The minimum Gasteiger partial charge on any atom is -0.385 e. The highest BCUT2D eigenvalue weighted by atomic mass is 32.1. The van der Waals surface area contributed by atoms with E-state index in [9.17, 15) is 0 Å². The molecule has 108 valence electrons. The highest BCUT2D eigenvalue weighted by molar-refractivity contribution is 7.16. The van der Waals surface area contributed by atoms with Crippen molar-refractivity contribution in [3.05, 3.63) is 22.6 Å². The molecule has 0 saturated heterocycles. The van der Waals surface area contributed by atoms with Crippen LogP contribution in [0, 0.1) is 11.3 Å². The Morgan fingerprint density at radius 1 is 1.35 bits per heavy atom. The van der Waals surface area contributed by atoms with Crippen LogP contribution in [0.15, 0.2) is 6.58 Å². The summed E-state index contributed by atoms with van der Waals surface area (Å²) in [5.41, 5.74) is 4.89. The third-order valence-electron chi connectivity index (χ3n) is 5.51. The number of anilines is 1. The molecule has 1 atom stereocenters. The van der Waals surface area contributed by atoms with Crippen molar-refractivity contribution in [1.82, 2.24) is 5.32 Å². The van der Waals surface area contributed by atoms with Gasteiger partial charge in [-0.25, -0.2) is 0 Å². The number of nitrogens with one attached hydrogen (secondary N) is 2. The van der Waals surface area contributed by atoms with Gasteiger partial charge in [0.2, 0.25) is 0 Å². The summed E-state index contributed by atoms with van der Waals surface area (Å²) in [5, 5.41) is 8.33. The predicted molar refractivity (Wildman–Crippen MR) is 87.3 cm³/mol. The lowest BCUT2D eigenvalue weighted by atomic mass is 9.94. The molecule has 0 bridgehead atoms. The number of hydrogen-bond acceptors (Lipinski definition) is 3. The van der Waals surface area contributed by atoms with Crippen LogP contribution >= 0.6 is 11.3 Å². The third-order valence-corrected chi connectivity index (χ3v) is 6.82. The van der Waals surface area contributed by atoms with Gasteiger partial charge in [-0.3, -0.25) is 0 Å². The second kappa shape index (κ2) is 4.52. The van der Waals surface area contributed by atoms with Crippen LogP contribution in [0.2, 0.25) is 0 Å². The zero-order valence-electron chi connectivity index (χ0n) is 12.3. The highest BCUT2D eigenvalue weighted by Gasteiger charge is 2.62. The smallest absolute Gasteiger partial charge is 0.0980 e. The largest absolute Gasteiger partial charge is 0.385 e. The van der Waals surface area contributed by atoms with Crippen molar-refractivity contribution in [3.8, 4) is 0 Å². The van der Waals surface area contributed by atoms with Gasteiger partial charge in [-0.1, -0.05) is 6.58 Å². The second-order valence-corrected chi connectivity index (χ2v) is 7.89. The summed E-state index contributed by atoms with van der Waals surface area (Å²) in [4.78, 5) is 1.59. The Hall–Kier alpha value is -0.960. The molecule has 1 aromatic rings. The molecule has 2 fully saturated rings. The van der Waals surface area contributed by atoms with Gasteiger partial charge in [0.25, 0.3) is 0 Å². The molecule has 0 radical (unpaired) electrons. The summed E-state index contributed by atoms with van der Waals surface area (Å²) in [6.45, 7) is 5.47. The number of rotatable bonds is 5. The van der Waals surface area contributed by atoms with Gasteiger partial charge in [-0.15, -0.1) is 11.3 Å². The molecule has 2 nitrogen and oxygen atoms in total. The van der Waals surface area contributed by atoms with Crippen molar-refractivity contribution >= 4 is 22.0 Å². The van der Waals surface area contributed by atoms with Gasteiger partial charge >= 0.3 is 0 Å². The van der Waals surface area contributed by atoms with Crippen molar-refractivity contribution in [3.63, 3.8) is 0 Å². The van der Waals surface area contributed by atoms with Crippen LogP contribution in [-0.4, -0.2) is 13.6 Å². The normalized spacial score (nSPS) is 25.1. The molecule has 2 saturated carbocycles. The van der Waals surface area contributed by atoms with E-state index in [-0.39, 0.29) is 0 Å². The van der Waals surface area contributed by atoms with Crippen LogP contribution in [0.3, 0.4) is 0 Å². The van der Waals surface area contributed by atoms with Gasteiger partial charge in [0.15, 0.2) is 0 Å². The average Bonchev–Trinajstić information content (AvgIpc) is 3.36. The molecule has 20 heavy (non-hydrogen) atoms. The Morgan fingerprint density at radius 2 is 2.15 bits per heavy atom. The molecule has 1 spiro atoms. The Balaban J connectivity index is 1.50. The Kier molecular flexibility index (Phi) is 2.88. The standard InChI is InChI=1S/C17H24N2S/c1-11(19-10-12-9-17(12)7-8-17)15-13-5-3-4-6-14(13)20-16(15)18-2/h12,18-19H,1,3-10H2,2H3. The molecule has 2 N–H and O–H groups in total. The van der Waals surface area contributed by atoms with E-state index in [0.29, 0.717) is 0 Å². The van der Waals surface area contributed by atoms with E-state index < -0.39 is 0 Å². The number of hydrogen-bond donors (Lipinski definition) is 2. The van der Waals surface area contributed by atoms with E-state index in [0.717, 1.165) is 23.6 Å². The molecule has 4 rings (SSSR count). The van der Waals surface area contributed by atoms with Gasteiger partial charge in [0, 0.05) is 29.7 Å². The van der Waals surface area contributed by atoms with Crippen molar-refractivity contribution in [2.45, 2.75) is 44.9 Å². The zero-order valence-corrected chi connectivity index (χ0v) is 13.2. The van der Waals surface area contributed by atoms with Gasteiger partial charge < -0.3 is 10.6 Å². The molecule has 3 heteroatoms. The lowest BCUT2D eigenvalue weighted by Crippen LogP contribution is -2.17. The van der Waals surface area contributed by atoms with Crippen LogP contribution < -0.4 is 10.6 Å². The number of thiophene rings is 1. The fraction of sp³-hybridized carbons (Fsp3) is 0.647. The average molecular weight is 288 g/mol. The van der Waals surface area contributed by atoms with Gasteiger partial charge in [-0.2, -0.15) is 0 Å². The summed E-state index contributed by atoms with van der Waals surface area (Å²) in [7, 11) is 2.04. The van der Waals surface area contributed by atoms with E-state index in [1.165, 1.54) is 55.5 Å². The molecule has 1 unspecified atom stereocenters. The summed E-state index contributed by atoms with van der Waals surface area (Å²) < 4.78 is 0. The summed E-state index contributed by atoms with van der Waals surface area (Å²) in [6, 6.07) is 0. The van der Waals surface area contributed by atoms with Gasteiger partial charge in [-0.05, 0) is 61.8 Å². The van der Waals surface area contributed by atoms with E-state index in [1.807, 2.05) is 18.4 Å². The van der Waals surface area contributed by atoms with E-state index in [4.69, 9.17) is 0 Å². The van der Waals surface area contributed by atoms with Crippen LogP contribution in [0.4, 0.5) is 5.00 Å². The fourth-order valence-corrected chi connectivity index (χ4v) is 5.16. The van der Waals surface area contributed by atoms with Crippen LogP contribution in [-0.2, 0) is 12.8 Å². The Morgan fingerprint density at radius 3 is 2.85 bits per heavy atom. The third kappa shape index (κ3) is 1.98. The van der Waals surface area contributed by atoms with Crippen molar-refractivity contribution < 1.29 is 0 Å². The topological polar surface area (TPSA) is 24.1 Å². The first-order chi connectivity index (χ1) is 9.73. The van der Waals surface area contributed by atoms with Gasteiger partial charge in [0.05, 0.1) is 5.00 Å². The van der Waals surface area contributed by atoms with Crippen molar-refractivity contribution in [2.24, 2.45) is 11.3 Å². The molecular weight excluding hydrogens is 264 g/mol. The molecule has 0 amide bonds. The molecule has 1 heterocycles. The van der Waals surface area contributed by atoms with E-state index >= 15 is 0 Å². The lowest BCUT2D eigenvalue weighted by Gasteiger charge is -2.16. The van der Waals surface area contributed by atoms with Crippen molar-refractivity contribution in [2.75, 3.05) is 18.9 Å². The van der Waals surface area contributed by atoms with Crippen LogP contribution in [0.25, 0.3) is 5.70 Å². The predicted octanol–water partition coefficient (Wildman–Crippen LogP) is 4.03. The molecule has 1 aromatic heterocycles. The monoisotopic (exact) mass is 288 g/mol. The first-order valence-electron chi connectivity index (χ1n) is 7.99. The lowest BCUT2D eigenvalue weighted by molar-refractivity contribution is 0.668. The highest BCUT2D eigenvalue weighted by Crippen LogP contribution is 2.70. The quantitative estimate of drug-likeness (QED) is 0.855. The maximum Gasteiger partial charge on any atom is 0.0980 e. The maximum absolute atomic E-state index is 4.34. The van der Waals surface area contributed by atoms with Crippen LogP contribution in [0.1, 0.15) is 48.1 Å². The molecular formula is C17H24N2S. The van der Waals surface area contributed by atoms with Crippen molar-refractivity contribution in [1.29, 1.82) is 0 Å². The Labute approximate surface area is 125 Å². The second-order valence-electron chi connectivity index (χ2n) is 6.79. The minimum absolute atomic E-state index is 0.785. The molecule has 0 aromatic carbocycles. The maximum atomic E-state index is 4.34. The fourth-order valence-electron chi connectivity index (χ4n) is 3.89. The van der Waals surface area contributed by atoms with E-state index in [1.54, 1.807) is 10.4 Å². The number of fused-ring (bicyclic) bond motifs is 1. The Bertz CT molecular complexity index is 554. The van der Waals surface area contributed by atoms with Gasteiger partial charge in [0.1, 0.15) is 0 Å². The molecule has 0 aliphatic heterocycles. The summed E-state index contributed by atoms with van der Waals surface area (Å²) in [6.07, 6.45) is 9.57. The first-order valence-corrected chi connectivity index (χ1v) is 8.80. The number of aryl methyl sites for hydroxylation is 1. The molecule has 3 aliphatic carbocycles. The SMILES string of the molecule is C=C(NCC1CC12CC2)c1c(NC)sc2c1CCCC2. The summed E-state index contributed by atoms with van der Waals surface area (Å²) >= 11 is 1.94. The van der Waals surface area contributed by atoms with E-state index in [2.05, 4.69) is 17.2 Å². The molecule has 3 aliphatic rings. The first kappa shape index (κ1) is 12.8. The zero-order chi connectivity index (χ0) is 13.7. The summed E-state index contributed by atoms with van der Waals surface area (Å²) in [5.74, 6) is 0.923. The van der Waals surface area contributed by atoms with Crippen LogP contribution in [0.5, 0.6) is 0 Å². The minimum atomic E-state index is 0.785.